The monoisotopic (exact) mass is 414 g/mol. The molecule has 1 heterocycles. The van der Waals surface area contributed by atoms with Crippen molar-refractivity contribution in [2.75, 3.05) is 0 Å². The van der Waals surface area contributed by atoms with Crippen LogP contribution >= 0.6 is 0 Å². The van der Waals surface area contributed by atoms with Gasteiger partial charge in [-0.15, -0.1) is 0 Å². The summed E-state index contributed by atoms with van der Waals surface area (Å²) in [6.07, 6.45) is 3.61. The average molecular weight is 413 g/mol. The second-order valence-electron chi connectivity index (χ2n) is 10.3. The first kappa shape index (κ1) is 21.2. The summed E-state index contributed by atoms with van der Waals surface area (Å²) < 4.78 is 4.01. The van der Waals surface area contributed by atoms with Crippen LogP contribution < -0.4 is 8.96 Å². The zero-order valence-corrected chi connectivity index (χ0v) is 20.7. The van der Waals surface area contributed by atoms with Gasteiger partial charge in [0.1, 0.15) is 0 Å². The minimum absolute atomic E-state index is 0.169. The molecule has 26 heavy (non-hydrogen) atoms. The van der Waals surface area contributed by atoms with E-state index in [1.54, 1.807) is 9.96 Å². The molecule has 0 saturated carbocycles. The molecule has 1 nitrogen and oxygen atoms in total. The summed E-state index contributed by atoms with van der Waals surface area (Å²) in [7, 11) is 2.22. The molecule has 0 radical (unpaired) electrons. The fourth-order valence-electron chi connectivity index (χ4n) is 3.61. The van der Waals surface area contributed by atoms with E-state index in [4.69, 9.17) is 0 Å². The molecule has 142 valence electrons. The summed E-state index contributed by atoms with van der Waals surface area (Å²) >= 11 is -1.91. The van der Waals surface area contributed by atoms with Crippen LogP contribution in [0.15, 0.2) is 30.5 Å². The van der Waals surface area contributed by atoms with Crippen molar-refractivity contribution in [1.29, 1.82) is 0 Å². The molecular formula is C24H38GeN+. The third-order valence-electron chi connectivity index (χ3n) is 5.18. The number of hydrogen-bond acceptors (Lipinski definition) is 0. The quantitative estimate of drug-likeness (QED) is 0.459. The van der Waals surface area contributed by atoms with E-state index in [1.165, 1.54) is 28.8 Å². The molecule has 0 N–H and O–H groups in total. The van der Waals surface area contributed by atoms with Crippen molar-refractivity contribution < 1.29 is 4.57 Å². The Labute approximate surface area is 164 Å². The van der Waals surface area contributed by atoms with Crippen molar-refractivity contribution in [2.24, 2.45) is 13.0 Å². The Morgan fingerprint density at radius 2 is 1.65 bits per heavy atom. The molecule has 0 spiro atoms. The van der Waals surface area contributed by atoms with Gasteiger partial charge in [-0.3, -0.25) is 0 Å². The second-order valence-corrected chi connectivity index (χ2v) is 20.9. The third kappa shape index (κ3) is 4.79. The number of nitrogens with zero attached hydrogens (tertiary/aromatic N) is 1. The zero-order valence-electron chi connectivity index (χ0n) is 18.6. The Hall–Kier alpha value is -1.09. The van der Waals surface area contributed by atoms with E-state index in [-0.39, 0.29) is 5.41 Å². The standard InChI is InChI=1S/C24H38GeN/c1-17(2)13-19-14-23(26(10)16-22(19)25(7,8)9)21-15-20(24(4,5)6)12-11-18(21)3/h11-12,14-17H,13H2,1-10H3/q+1. The molecule has 0 unspecified atom stereocenters. The van der Waals surface area contributed by atoms with E-state index in [9.17, 15) is 0 Å². The summed E-state index contributed by atoms with van der Waals surface area (Å²) in [5, 5.41) is 0. The van der Waals surface area contributed by atoms with Crippen molar-refractivity contribution in [1.82, 2.24) is 0 Å². The normalized spacial score (nSPS) is 12.7. The van der Waals surface area contributed by atoms with Gasteiger partial charge in [0.15, 0.2) is 0 Å². The molecule has 0 aliphatic rings. The van der Waals surface area contributed by atoms with Crippen LogP contribution in [0.3, 0.4) is 0 Å². The summed E-state index contributed by atoms with van der Waals surface area (Å²) in [6, 6.07) is 9.46. The molecule has 0 aliphatic heterocycles. The molecule has 0 atom stereocenters. The molecule has 0 bridgehead atoms. The van der Waals surface area contributed by atoms with Gasteiger partial charge in [-0.1, -0.05) is 0 Å². The molecule has 0 fully saturated rings. The number of pyridine rings is 1. The summed E-state index contributed by atoms with van der Waals surface area (Å²) in [5.41, 5.74) is 7.22. The number of rotatable bonds is 4. The first-order valence-corrected chi connectivity index (χ1v) is 17.3. The maximum absolute atomic E-state index is 2.50. The number of aryl methyl sites for hydroxylation is 2. The summed E-state index contributed by atoms with van der Waals surface area (Å²) in [6.45, 7) is 13.8. The van der Waals surface area contributed by atoms with Crippen LogP contribution in [0.1, 0.15) is 51.3 Å². The molecule has 0 aliphatic carbocycles. The van der Waals surface area contributed by atoms with E-state index in [1.807, 2.05) is 0 Å². The van der Waals surface area contributed by atoms with Crippen LogP contribution in [0.4, 0.5) is 0 Å². The van der Waals surface area contributed by atoms with E-state index >= 15 is 0 Å². The Morgan fingerprint density at radius 1 is 1.04 bits per heavy atom. The van der Waals surface area contributed by atoms with E-state index in [0.29, 0.717) is 5.92 Å². The minimum atomic E-state index is -1.91. The van der Waals surface area contributed by atoms with Crippen LogP contribution in [0.5, 0.6) is 0 Å². The van der Waals surface area contributed by atoms with E-state index in [0.717, 1.165) is 0 Å². The van der Waals surface area contributed by atoms with Gasteiger partial charge in [0, 0.05) is 0 Å². The Kier molecular flexibility index (Phi) is 6.12. The van der Waals surface area contributed by atoms with Gasteiger partial charge in [0.05, 0.1) is 0 Å². The average Bonchev–Trinajstić information content (AvgIpc) is 2.46. The van der Waals surface area contributed by atoms with Gasteiger partial charge in [0.2, 0.25) is 0 Å². The molecule has 2 aromatic rings. The van der Waals surface area contributed by atoms with Crippen LogP contribution in [0.2, 0.25) is 17.3 Å². The maximum atomic E-state index is 2.50. The molecule has 0 saturated heterocycles. The topological polar surface area (TPSA) is 3.88 Å². The zero-order chi connectivity index (χ0) is 19.9. The number of aromatic nitrogens is 1. The van der Waals surface area contributed by atoms with Crippen LogP contribution in [0, 0.1) is 12.8 Å². The molecule has 0 amide bonds. The molecule has 2 heteroatoms. The third-order valence-corrected chi connectivity index (χ3v) is 9.51. The van der Waals surface area contributed by atoms with Crippen molar-refractivity contribution in [3.8, 4) is 11.3 Å². The van der Waals surface area contributed by atoms with Crippen LogP contribution in [0.25, 0.3) is 11.3 Å². The van der Waals surface area contributed by atoms with E-state index in [2.05, 4.69) is 101 Å². The molecule has 1 aromatic carbocycles. The van der Waals surface area contributed by atoms with Gasteiger partial charge in [-0.25, -0.2) is 0 Å². The van der Waals surface area contributed by atoms with E-state index < -0.39 is 13.3 Å². The van der Waals surface area contributed by atoms with Crippen molar-refractivity contribution >= 4 is 17.7 Å². The van der Waals surface area contributed by atoms with Crippen molar-refractivity contribution in [3.05, 3.63) is 47.2 Å². The Bertz CT molecular complexity index is 789. The fraction of sp³-hybridized carbons (Fsp3) is 0.542. The molecule has 1 aromatic heterocycles. The predicted octanol–water partition coefficient (Wildman–Crippen LogP) is 5.53. The van der Waals surface area contributed by atoms with Crippen LogP contribution in [-0.2, 0) is 18.9 Å². The summed E-state index contributed by atoms with van der Waals surface area (Å²) in [5.74, 6) is 8.19. The van der Waals surface area contributed by atoms with Gasteiger partial charge >= 0.3 is 164 Å². The van der Waals surface area contributed by atoms with Gasteiger partial charge < -0.3 is 0 Å². The second kappa shape index (κ2) is 7.50. The number of hydrogen-bond donors (Lipinski definition) is 0. The Balaban J connectivity index is 2.71. The van der Waals surface area contributed by atoms with Crippen molar-refractivity contribution in [2.45, 2.75) is 70.6 Å². The summed E-state index contributed by atoms with van der Waals surface area (Å²) in [4.78, 5) is 0. The SMILES string of the molecule is Cc1ccc(C(C)(C)C)cc1-c1cc(CC(C)C)[c]([Ge]([CH3])([CH3])[CH3])c[n+]1C. The van der Waals surface area contributed by atoms with Gasteiger partial charge in [-0.05, 0) is 0 Å². The predicted molar refractivity (Wildman–Crippen MR) is 118 cm³/mol. The Morgan fingerprint density at radius 3 is 2.15 bits per heavy atom. The molecule has 2 rings (SSSR count). The van der Waals surface area contributed by atoms with Gasteiger partial charge in [0.25, 0.3) is 0 Å². The van der Waals surface area contributed by atoms with Crippen molar-refractivity contribution in [3.63, 3.8) is 0 Å². The first-order chi connectivity index (χ1) is 11.8. The van der Waals surface area contributed by atoms with Crippen LogP contribution in [-0.4, -0.2) is 13.3 Å². The number of benzene rings is 1. The first-order valence-electron chi connectivity index (χ1n) is 9.95. The van der Waals surface area contributed by atoms with Gasteiger partial charge in [-0.2, -0.15) is 0 Å². The fourth-order valence-corrected chi connectivity index (χ4v) is 7.21. The molecular weight excluding hydrogens is 375 g/mol.